The summed E-state index contributed by atoms with van der Waals surface area (Å²) in [6, 6.07) is 4.41. The van der Waals surface area contributed by atoms with Gasteiger partial charge in [-0.3, -0.25) is 11.3 Å². The fourth-order valence-corrected chi connectivity index (χ4v) is 2.27. The number of benzene rings is 1. The molecule has 0 amide bonds. The zero-order valence-corrected chi connectivity index (χ0v) is 11.3. The molecule has 1 aromatic rings. The van der Waals surface area contributed by atoms with Gasteiger partial charge in [-0.2, -0.15) is 0 Å². The number of ether oxygens (including phenoxy) is 1. The first-order valence-electron chi connectivity index (χ1n) is 6.25. The highest BCUT2D eigenvalue weighted by Gasteiger charge is 2.17. The van der Waals surface area contributed by atoms with Gasteiger partial charge in [-0.1, -0.05) is 25.8 Å². The zero-order valence-electron chi connectivity index (χ0n) is 11.3. The summed E-state index contributed by atoms with van der Waals surface area (Å²) in [7, 11) is 1.71. The van der Waals surface area contributed by atoms with Crippen molar-refractivity contribution >= 4 is 0 Å². The maximum absolute atomic E-state index is 5.67. The highest BCUT2D eigenvalue weighted by molar-refractivity contribution is 5.45. The van der Waals surface area contributed by atoms with Gasteiger partial charge in [-0.05, 0) is 37.5 Å². The highest BCUT2D eigenvalue weighted by atomic mass is 16.5. The monoisotopic (exact) mass is 236 g/mol. The van der Waals surface area contributed by atoms with E-state index in [9.17, 15) is 0 Å². The molecule has 3 N–H and O–H groups in total. The lowest BCUT2D eigenvalue weighted by atomic mass is 9.95. The van der Waals surface area contributed by atoms with Crippen LogP contribution in [0.4, 0.5) is 0 Å². The number of hydrogen-bond donors (Lipinski definition) is 2. The highest BCUT2D eigenvalue weighted by Crippen LogP contribution is 2.32. The van der Waals surface area contributed by atoms with Crippen LogP contribution >= 0.6 is 0 Å². The number of nitrogens with two attached hydrogens (primary N) is 1. The third-order valence-electron chi connectivity index (χ3n) is 3.11. The van der Waals surface area contributed by atoms with Gasteiger partial charge in [0.1, 0.15) is 5.75 Å². The van der Waals surface area contributed by atoms with Crippen molar-refractivity contribution < 1.29 is 4.74 Å². The molecule has 96 valence electrons. The SMILES string of the molecule is CCCCC(NN)c1c(C)cc(C)cc1OC. The maximum atomic E-state index is 5.67. The molecule has 0 spiro atoms. The van der Waals surface area contributed by atoms with Gasteiger partial charge in [-0.15, -0.1) is 0 Å². The number of aryl methyl sites for hydroxylation is 2. The molecule has 0 saturated heterocycles. The molecule has 0 saturated carbocycles. The van der Waals surface area contributed by atoms with Gasteiger partial charge in [0.2, 0.25) is 0 Å². The normalized spacial score (nSPS) is 12.5. The van der Waals surface area contributed by atoms with E-state index >= 15 is 0 Å². The van der Waals surface area contributed by atoms with Crippen LogP contribution in [0.2, 0.25) is 0 Å². The lowest BCUT2D eigenvalue weighted by Crippen LogP contribution is -2.29. The predicted octanol–water partition coefficient (Wildman–Crippen LogP) is 3.01. The minimum Gasteiger partial charge on any atom is -0.496 e. The van der Waals surface area contributed by atoms with Crippen molar-refractivity contribution in [1.82, 2.24) is 5.43 Å². The van der Waals surface area contributed by atoms with Gasteiger partial charge in [-0.25, -0.2) is 0 Å². The first kappa shape index (κ1) is 14.0. The summed E-state index contributed by atoms with van der Waals surface area (Å²) in [5, 5.41) is 0. The third-order valence-corrected chi connectivity index (χ3v) is 3.11. The Morgan fingerprint density at radius 1 is 1.35 bits per heavy atom. The number of hydrazine groups is 1. The number of rotatable bonds is 6. The van der Waals surface area contributed by atoms with Gasteiger partial charge >= 0.3 is 0 Å². The van der Waals surface area contributed by atoms with Crippen LogP contribution in [-0.2, 0) is 0 Å². The van der Waals surface area contributed by atoms with E-state index in [1.54, 1.807) is 7.11 Å². The molecule has 17 heavy (non-hydrogen) atoms. The maximum Gasteiger partial charge on any atom is 0.124 e. The molecule has 0 fully saturated rings. The van der Waals surface area contributed by atoms with Gasteiger partial charge in [0, 0.05) is 11.6 Å². The molecule has 3 nitrogen and oxygen atoms in total. The topological polar surface area (TPSA) is 47.3 Å². The van der Waals surface area contributed by atoms with Crippen molar-refractivity contribution in [3.05, 3.63) is 28.8 Å². The summed E-state index contributed by atoms with van der Waals surface area (Å²) in [6.45, 7) is 6.38. The Morgan fingerprint density at radius 2 is 2.06 bits per heavy atom. The van der Waals surface area contributed by atoms with Crippen LogP contribution in [-0.4, -0.2) is 7.11 Å². The summed E-state index contributed by atoms with van der Waals surface area (Å²) in [5.74, 6) is 6.60. The Hall–Kier alpha value is -1.06. The minimum atomic E-state index is 0.172. The second kappa shape index (κ2) is 6.62. The van der Waals surface area contributed by atoms with E-state index in [2.05, 4.69) is 38.3 Å². The van der Waals surface area contributed by atoms with Gasteiger partial charge < -0.3 is 4.74 Å². The summed E-state index contributed by atoms with van der Waals surface area (Å²) in [5.41, 5.74) is 6.55. The summed E-state index contributed by atoms with van der Waals surface area (Å²) in [6.07, 6.45) is 3.37. The Balaban J connectivity index is 3.08. The van der Waals surface area contributed by atoms with Crippen LogP contribution in [0.15, 0.2) is 12.1 Å². The van der Waals surface area contributed by atoms with Crippen molar-refractivity contribution in [2.24, 2.45) is 5.84 Å². The average molecular weight is 236 g/mol. The standard InChI is InChI=1S/C14H24N2O/c1-5-6-7-12(16-15)14-11(3)8-10(2)9-13(14)17-4/h8-9,12,16H,5-7,15H2,1-4H3. The molecule has 0 heterocycles. The van der Waals surface area contributed by atoms with Crippen molar-refractivity contribution in [3.63, 3.8) is 0 Å². The average Bonchev–Trinajstić information content (AvgIpc) is 2.31. The summed E-state index contributed by atoms with van der Waals surface area (Å²) < 4.78 is 5.47. The molecule has 3 heteroatoms. The molecule has 1 atom stereocenters. The molecule has 1 aromatic carbocycles. The Morgan fingerprint density at radius 3 is 2.59 bits per heavy atom. The largest absolute Gasteiger partial charge is 0.496 e. The van der Waals surface area contributed by atoms with E-state index in [1.165, 1.54) is 23.1 Å². The van der Waals surface area contributed by atoms with Crippen molar-refractivity contribution in [2.45, 2.75) is 46.1 Å². The third kappa shape index (κ3) is 3.45. The molecule has 1 unspecified atom stereocenters. The van der Waals surface area contributed by atoms with Crippen LogP contribution in [0, 0.1) is 13.8 Å². The number of nitrogens with one attached hydrogen (secondary N) is 1. The van der Waals surface area contributed by atoms with Gasteiger partial charge in [0.05, 0.1) is 7.11 Å². The first-order valence-corrected chi connectivity index (χ1v) is 6.25. The van der Waals surface area contributed by atoms with E-state index in [1.807, 2.05) is 0 Å². The van der Waals surface area contributed by atoms with E-state index in [0.29, 0.717) is 0 Å². The Kier molecular flexibility index (Phi) is 5.45. The van der Waals surface area contributed by atoms with Crippen LogP contribution in [0.5, 0.6) is 5.75 Å². The first-order chi connectivity index (χ1) is 8.13. The molecular formula is C14H24N2O. The van der Waals surface area contributed by atoms with Crippen molar-refractivity contribution in [2.75, 3.05) is 7.11 Å². The lowest BCUT2D eigenvalue weighted by molar-refractivity contribution is 0.392. The fraction of sp³-hybridized carbons (Fsp3) is 0.571. The second-order valence-corrected chi connectivity index (χ2v) is 4.56. The molecular weight excluding hydrogens is 212 g/mol. The fourth-order valence-electron chi connectivity index (χ4n) is 2.27. The van der Waals surface area contributed by atoms with E-state index in [4.69, 9.17) is 10.6 Å². The van der Waals surface area contributed by atoms with Crippen LogP contribution < -0.4 is 16.0 Å². The molecule has 0 radical (unpaired) electrons. The molecule has 1 rings (SSSR count). The van der Waals surface area contributed by atoms with Gasteiger partial charge in [0.25, 0.3) is 0 Å². The van der Waals surface area contributed by atoms with Crippen molar-refractivity contribution in [1.29, 1.82) is 0 Å². The predicted molar refractivity (Wildman–Crippen MR) is 72.1 cm³/mol. The van der Waals surface area contributed by atoms with Crippen LogP contribution in [0.3, 0.4) is 0 Å². The molecule has 0 aliphatic heterocycles. The van der Waals surface area contributed by atoms with E-state index in [-0.39, 0.29) is 6.04 Å². The second-order valence-electron chi connectivity index (χ2n) is 4.56. The molecule has 0 aromatic heterocycles. The smallest absolute Gasteiger partial charge is 0.124 e. The quantitative estimate of drug-likeness (QED) is 0.589. The summed E-state index contributed by atoms with van der Waals surface area (Å²) in [4.78, 5) is 0. The lowest BCUT2D eigenvalue weighted by Gasteiger charge is -2.21. The number of hydrogen-bond acceptors (Lipinski definition) is 3. The minimum absolute atomic E-state index is 0.172. The van der Waals surface area contributed by atoms with Crippen LogP contribution in [0.25, 0.3) is 0 Å². The zero-order chi connectivity index (χ0) is 12.8. The molecule has 0 aliphatic carbocycles. The Labute approximate surface area is 104 Å². The van der Waals surface area contributed by atoms with Gasteiger partial charge in [0.15, 0.2) is 0 Å². The van der Waals surface area contributed by atoms with Crippen LogP contribution in [0.1, 0.15) is 48.9 Å². The number of unbranched alkanes of at least 4 members (excludes halogenated alkanes) is 1. The molecule has 0 aliphatic rings. The van der Waals surface area contributed by atoms with E-state index < -0.39 is 0 Å². The Bertz CT molecular complexity index is 363. The molecule has 0 bridgehead atoms. The summed E-state index contributed by atoms with van der Waals surface area (Å²) >= 11 is 0. The van der Waals surface area contributed by atoms with E-state index in [0.717, 1.165) is 18.6 Å². The van der Waals surface area contributed by atoms with Crippen molar-refractivity contribution in [3.8, 4) is 5.75 Å². The number of methoxy groups -OCH3 is 1.